The molecule has 4 rings (SSSR count). The SMILES string of the molecule is NC(=O)c1cccc(NC(=O)[C@@H]2CCCC[C@H]2c2nc3ccccc3s2)c1. The van der Waals surface area contributed by atoms with Crippen LogP contribution in [0.3, 0.4) is 0 Å². The number of carbonyl (C=O) groups is 2. The average molecular weight is 379 g/mol. The van der Waals surface area contributed by atoms with Crippen molar-refractivity contribution in [3.8, 4) is 0 Å². The fraction of sp³-hybridized carbons (Fsp3) is 0.286. The van der Waals surface area contributed by atoms with Gasteiger partial charge >= 0.3 is 0 Å². The summed E-state index contributed by atoms with van der Waals surface area (Å²) in [4.78, 5) is 29.2. The predicted octanol–water partition coefficient (Wildman–Crippen LogP) is 4.31. The number of nitrogens with zero attached hydrogens (tertiary/aromatic N) is 1. The number of primary amides is 1. The molecule has 2 amide bonds. The van der Waals surface area contributed by atoms with Gasteiger partial charge in [0.05, 0.1) is 15.2 Å². The molecule has 0 bridgehead atoms. The van der Waals surface area contributed by atoms with Gasteiger partial charge in [-0.1, -0.05) is 31.0 Å². The summed E-state index contributed by atoms with van der Waals surface area (Å²) in [5.41, 5.74) is 7.32. The monoisotopic (exact) mass is 379 g/mol. The van der Waals surface area contributed by atoms with Gasteiger partial charge in [-0.05, 0) is 43.2 Å². The molecule has 0 saturated heterocycles. The third-order valence-corrected chi connectivity index (χ3v) is 6.31. The zero-order chi connectivity index (χ0) is 18.8. The molecule has 5 nitrogen and oxygen atoms in total. The van der Waals surface area contributed by atoms with Crippen LogP contribution < -0.4 is 11.1 Å². The highest BCUT2D eigenvalue weighted by atomic mass is 32.1. The number of amides is 2. The van der Waals surface area contributed by atoms with E-state index in [4.69, 9.17) is 10.7 Å². The minimum atomic E-state index is -0.504. The van der Waals surface area contributed by atoms with Crippen molar-refractivity contribution in [2.45, 2.75) is 31.6 Å². The lowest BCUT2D eigenvalue weighted by Crippen LogP contribution is -2.30. The van der Waals surface area contributed by atoms with Gasteiger partial charge in [0.15, 0.2) is 0 Å². The Morgan fingerprint density at radius 3 is 2.70 bits per heavy atom. The summed E-state index contributed by atoms with van der Waals surface area (Å²) in [6.45, 7) is 0. The standard InChI is InChI=1S/C21H21N3O2S/c22-19(25)13-6-5-7-14(12-13)23-20(26)15-8-1-2-9-16(15)21-24-17-10-3-4-11-18(17)27-21/h3-7,10-12,15-16H,1-2,8-9H2,(H2,22,25)(H,23,26)/t15-,16-/m1/s1. The topological polar surface area (TPSA) is 85.1 Å². The van der Waals surface area contributed by atoms with Crippen LogP contribution in [0.2, 0.25) is 0 Å². The normalized spacial score (nSPS) is 19.7. The number of nitrogens with one attached hydrogen (secondary N) is 1. The minimum Gasteiger partial charge on any atom is -0.366 e. The third-order valence-electron chi connectivity index (χ3n) is 5.14. The molecule has 0 spiro atoms. The molecule has 2 atom stereocenters. The minimum absolute atomic E-state index is 0.0134. The number of para-hydroxylation sites is 1. The van der Waals surface area contributed by atoms with Crippen molar-refractivity contribution in [1.29, 1.82) is 0 Å². The lowest BCUT2D eigenvalue weighted by Gasteiger charge is -2.29. The van der Waals surface area contributed by atoms with Crippen LogP contribution in [0.15, 0.2) is 48.5 Å². The molecule has 3 N–H and O–H groups in total. The highest BCUT2D eigenvalue weighted by Gasteiger charge is 2.34. The van der Waals surface area contributed by atoms with Crippen LogP contribution in [0.25, 0.3) is 10.2 Å². The molecule has 1 aliphatic rings. The van der Waals surface area contributed by atoms with Crippen molar-refractivity contribution >= 4 is 39.1 Å². The molecule has 0 aliphatic heterocycles. The third kappa shape index (κ3) is 3.71. The summed E-state index contributed by atoms with van der Waals surface area (Å²) in [5, 5.41) is 4.01. The zero-order valence-corrected chi connectivity index (χ0v) is 15.7. The highest BCUT2D eigenvalue weighted by molar-refractivity contribution is 7.18. The lowest BCUT2D eigenvalue weighted by atomic mass is 9.79. The molecule has 6 heteroatoms. The van der Waals surface area contributed by atoms with Crippen LogP contribution in [0.4, 0.5) is 5.69 Å². The Morgan fingerprint density at radius 1 is 1.07 bits per heavy atom. The first-order chi connectivity index (χ1) is 13.1. The number of hydrogen-bond donors (Lipinski definition) is 2. The summed E-state index contributed by atoms with van der Waals surface area (Å²) in [5.74, 6) is -0.497. The van der Waals surface area contributed by atoms with E-state index in [1.165, 1.54) is 0 Å². The van der Waals surface area contributed by atoms with E-state index in [1.54, 1.807) is 35.6 Å². The van der Waals surface area contributed by atoms with Crippen molar-refractivity contribution < 1.29 is 9.59 Å². The summed E-state index contributed by atoms with van der Waals surface area (Å²) >= 11 is 1.69. The molecule has 27 heavy (non-hydrogen) atoms. The highest BCUT2D eigenvalue weighted by Crippen LogP contribution is 2.41. The Morgan fingerprint density at radius 2 is 1.89 bits per heavy atom. The molecular formula is C21H21N3O2S. The van der Waals surface area contributed by atoms with E-state index in [-0.39, 0.29) is 17.7 Å². The number of carbonyl (C=O) groups excluding carboxylic acids is 2. The van der Waals surface area contributed by atoms with E-state index in [9.17, 15) is 9.59 Å². The van der Waals surface area contributed by atoms with Gasteiger partial charge in [-0.3, -0.25) is 9.59 Å². The number of thiazole rings is 1. The number of benzene rings is 2. The molecular weight excluding hydrogens is 358 g/mol. The van der Waals surface area contributed by atoms with Gasteiger partial charge in [0.1, 0.15) is 0 Å². The molecule has 1 aromatic heterocycles. The van der Waals surface area contributed by atoms with Crippen LogP contribution in [-0.2, 0) is 4.79 Å². The van der Waals surface area contributed by atoms with Crippen LogP contribution in [0.1, 0.15) is 47.0 Å². The second-order valence-electron chi connectivity index (χ2n) is 6.95. The quantitative estimate of drug-likeness (QED) is 0.708. The maximum Gasteiger partial charge on any atom is 0.248 e. The number of hydrogen-bond acceptors (Lipinski definition) is 4. The fourth-order valence-electron chi connectivity index (χ4n) is 3.77. The molecule has 1 heterocycles. The van der Waals surface area contributed by atoms with Crippen molar-refractivity contribution in [2.24, 2.45) is 11.7 Å². The molecule has 0 unspecified atom stereocenters. The number of anilines is 1. The Bertz CT molecular complexity index is 965. The number of aromatic nitrogens is 1. The van der Waals surface area contributed by atoms with Crippen LogP contribution >= 0.6 is 11.3 Å². The predicted molar refractivity (Wildman–Crippen MR) is 108 cm³/mol. The number of nitrogens with two attached hydrogens (primary N) is 1. The molecule has 0 radical (unpaired) electrons. The number of rotatable bonds is 4. The van der Waals surface area contributed by atoms with E-state index in [0.29, 0.717) is 11.3 Å². The molecule has 3 aromatic rings. The van der Waals surface area contributed by atoms with Gasteiger partial charge in [0, 0.05) is 23.1 Å². The molecule has 2 aromatic carbocycles. The van der Waals surface area contributed by atoms with Crippen LogP contribution in [0, 0.1) is 5.92 Å². The van der Waals surface area contributed by atoms with Gasteiger partial charge < -0.3 is 11.1 Å². The largest absolute Gasteiger partial charge is 0.366 e. The maximum atomic E-state index is 13.0. The molecule has 1 fully saturated rings. The first-order valence-corrected chi connectivity index (χ1v) is 9.99. The fourth-order valence-corrected chi connectivity index (χ4v) is 4.94. The summed E-state index contributed by atoms with van der Waals surface area (Å²) < 4.78 is 1.16. The first-order valence-electron chi connectivity index (χ1n) is 9.18. The van der Waals surface area contributed by atoms with Gasteiger partial charge in [-0.2, -0.15) is 0 Å². The van der Waals surface area contributed by atoms with Crippen molar-refractivity contribution in [3.05, 3.63) is 59.1 Å². The maximum absolute atomic E-state index is 13.0. The van der Waals surface area contributed by atoms with E-state index < -0.39 is 5.91 Å². The van der Waals surface area contributed by atoms with E-state index in [0.717, 1.165) is 40.9 Å². The second-order valence-corrected chi connectivity index (χ2v) is 8.01. The molecule has 1 saturated carbocycles. The lowest BCUT2D eigenvalue weighted by molar-refractivity contribution is -0.121. The van der Waals surface area contributed by atoms with Crippen LogP contribution in [-0.4, -0.2) is 16.8 Å². The van der Waals surface area contributed by atoms with Gasteiger partial charge in [0.25, 0.3) is 0 Å². The molecule has 138 valence electrons. The van der Waals surface area contributed by atoms with Crippen molar-refractivity contribution in [1.82, 2.24) is 4.98 Å². The van der Waals surface area contributed by atoms with Crippen LogP contribution in [0.5, 0.6) is 0 Å². The average Bonchev–Trinajstić information content (AvgIpc) is 3.12. The first kappa shape index (κ1) is 17.7. The Hall–Kier alpha value is -2.73. The van der Waals surface area contributed by atoms with Gasteiger partial charge in [-0.15, -0.1) is 11.3 Å². The van der Waals surface area contributed by atoms with E-state index in [1.807, 2.05) is 18.2 Å². The van der Waals surface area contributed by atoms with Gasteiger partial charge in [-0.25, -0.2) is 4.98 Å². The van der Waals surface area contributed by atoms with Gasteiger partial charge in [0.2, 0.25) is 11.8 Å². The number of fused-ring (bicyclic) bond motifs is 1. The van der Waals surface area contributed by atoms with E-state index in [2.05, 4.69) is 11.4 Å². The summed E-state index contributed by atoms with van der Waals surface area (Å²) in [6.07, 6.45) is 3.98. The van der Waals surface area contributed by atoms with E-state index >= 15 is 0 Å². The smallest absolute Gasteiger partial charge is 0.248 e. The Balaban J connectivity index is 1.57. The summed E-state index contributed by atoms with van der Waals surface area (Å²) in [7, 11) is 0. The Labute approximate surface area is 161 Å². The molecule has 1 aliphatic carbocycles. The van der Waals surface area contributed by atoms with Crippen molar-refractivity contribution in [2.75, 3.05) is 5.32 Å². The zero-order valence-electron chi connectivity index (χ0n) is 14.9. The van der Waals surface area contributed by atoms with Crippen molar-refractivity contribution in [3.63, 3.8) is 0 Å². The Kier molecular flexibility index (Phi) is 4.90. The second kappa shape index (κ2) is 7.48. The summed E-state index contributed by atoms with van der Waals surface area (Å²) in [6, 6.07) is 14.9.